The van der Waals surface area contributed by atoms with E-state index >= 15 is 0 Å². The summed E-state index contributed by atoms with van der Waals surface area (Å²) in [5, 5.41) is 9.84. The molecule has 3 aliphatic rings. The van der Waals surface area contributed by atoms with Crippen molar-refractivity contribution in [1.29, 1.82) is 5.26 Å². The molecule has 24 heavy (non-hydrogen) atoms. The average Bonchev–Trinajstić information content (AvgIpc) is 3.07. The lowest BCUT2D eigenvalue weighted by molar-refractivity contribution is 0.189. The summed E-state index contributed by atoms with van der Waals surface area (Å²) in [5.74, 6) is -0.0142. The number of benzene rings is 1. The predicted molar refractivity (Wildman–Crippen MR) is 86.3 cm³/mol. The van der Waals surface area contributed by atoms with Crippen LogP contribution in [0, 0.1) is 24.2 Å². The van der Waals surface area contributed by atoms with Gasteiger partial charge in [0.1, 0.15) is 6.04 Å². The lowest BCUT2D eigenvalue weighted by Crippen LogP contribution is -2.52. The summed E-state index contributed by atoms with van der Waals surface area (Å²) in [4.78, 5) is 14.4. The van der Waals surface area contributed by atoms with Gasteiger partial charge in [0.05, 0.1) is 11.0 Å². The molecule has 6 nitrogen and oxygen atoms in total. The molecule has 2 saturated heterocycles. The fourth-order valence-corrected chi connectivity index (χ4v) is 5.71. The van der Waals surface area contributed by atoms with Gasteiger partial charge in [-0.1, -0.05) is 29.8 Å². The smallest absolute Gasteiger partial charge is 0.302 e. The molecule has 2 heterocycles. The lowest BCUT2D eigenvalue weighted by Gasteiger charge is -2.36. The zero-order valence-electron chi connectivity index (χ0n) is 13.2. The van der Waals surface area contributed by atoms with Crippen LogP contribution in [0.4, 0.5) is 4.79 Å². The van der Waals surface area contributed by atoms with Crippen LogP contribution in [0.2, 0.25) is 0 Å². The molecule has 4 rings (SSSR count). The van der Waals surface area contributed by atoms with Crippen molar-refractivity contribution in [2.45, 2.75) is 36.2 Å². The van der Waals surface area contributed by atoms with Crippen molar-refractivity contribution in [1.82, 2.24) is 9.21 Å². The molecule has 1 aliphatic carbocycles. The molecule has 2 fully saturated rings. The molecule has 0 spiro atoms. The number of aryl methyl sites for hydroxylation is 1. The van der Waals surface area contributed by atoms with Gasteiger partial charge in [-0.15, -0.1) is 0 Å². The van der Waals surface area contributed by atoms with E-state index < -0.39 is 27.6 Å². The maximum atomic E-state index is 13.1. The highest BCUT2D eigenvalue weighted by Gasteiger charge is 2.67. The first kappa shape index (κ1) is 15.2. The van der Waals surface area contributed by atoms with Gasteiger partial charge in [0.2, 0.25) is 0 Å². The van der Waals surface area contributed by atoms with Gasteiger partial charge in [-0.05, 0) is 31.9 Å². The SMILES string of the molecule is Cc1ccc(S(=O)(=O)N2C(=O)N3CC[C@@H]4CC=C[C@H]2[C@@]43C#N)cc1. The van der Waals surface area contributed by atoms with Gasteiger partial charge in [-0.2, -0.15) is 5.26 Å². The molecule has 2 aliphatic heterocycles. The fraction of sp³-hybridized carbons (Fsp3) is 0.412. The monoisotopic (exact) mass is 343 g/mol. The number of amides is 2. The van der Waals surface area contributed by atoms with E-state index in [4.69, 9.17) is 0 Å². The van der Waals surface area contributed by atoms with Crippen molar-refractivity contribution < 1.29 is 13.2 Å². The Bertz CT molecular complexity index is 885. The highest BCUT2D eigenvalue weighted by atomic mass is 32.2. The molecule has 0 aromatic heterocycles. The largest absolute Gasteiger partial charge is 0.336 e. The Morgan fingerprint density at radius 3 is 2.67 bits per heavy atom. The zero-order chi connectivity index (χ0) is 17.1. The van der Waals surface area contributed by atoms with Crippen molar-refractivity contribution in [3.05, 3.63) is 42.0 Å². The van der Waals surface area contributed by atoms with Crippen LogP contribution in [0.15, 0.2) is 41.3 Å². The third-order valence-corrected chi connectivity index (χ3v) is 7.16. The van der Waals surface area contributed by atoms with Crippen molar-refractivity contribution in [2.24, 2.45) is 5.92 Å². The molecule has 0 radical (unpaired) electrons. The molecule has 1 aromatic rings. The van der Waals surface area contributed by atoms with Crippen LogP contribution >= 0.6 is 0 Å². The van der Waals surface area contributed by atoms with Crippen LogP contribution in [0.25, 0.3) is 0 Å². The second-order valence-electron chi connectivity index (χ2n) is 6.58. The number of hydrogen-bond acceptors (Lipinski definition) is 4. The second kappa shape index (κ2) is 4.84. The predicted octanol–water partition coefficient (Wildman–Crippen LogP) is 2.03. The normalized spacial score (nSPS) is 31.2. The van der Waals surface area contributed by atoms with Crippen LogP contribution in [0.5, 0.6) is 0 Å². The van der Waals surface area contributed by atoms with Gasteiger partial charge >= 0.3 is 6.03 Å². The van der Waals surface area contributed by atoms with Gasteiger partial charge in [0.15, 0.2) is 5.54 Å². The number of nitriles is 1. The molecule has 1 aromatic carbocycles. The maximum absolute atomic E-state index is 13.1. The highest BCUT2D eigenvalue weighted by molar-refractivity contribution is 7.89. The van der Waals surface area contributed by atoms with E-state index in [0.29, 0.717) is 13.0 Å². The Kier molecular flexibility index (Phi) is 3.06. The van der Waals surface area contributed by atoms with E-state index in [9.17, 15) is 18.5 Å². The number of carbonyl (C=O) groups excluding carboxylic acids is 1. The van der Waals surface area contributed by atoms with E-state index in [-0.39, 0.29) is 10.8 Å². The molecule has 124 valence electrons. The summed E-state index contributed by atoms with van der Waals surface area (Å²) < 4.78 is 27.1. The third-order valence-electron chi connectivity index (χ3n) is 5.39. The average molecular weight is 343 g/mol. The number of rotatable bonds is 2. The molecule has 0 N–H and O–H groups in total. The molecule has 0 bridgehead atoms. The van der Waals surface area contributed by atoms with Crippen LogP contribution < -0.4 is 0 Å². The van der Waals surface area contributed by atoms with Crippen LogP contribution in [-0.4, -0.2) is 41.8 Å². The van der Waals surface area contributed by atoms with E-state index in [2.05, 4.69) is 6.07 Å². The number of sulfonamides is 1. The van der Waals surface area contributed by atoms with Gasteiger partial charge < -0.3 is 4.90 Å². The molecule has 3 atom stereocenters. The van der Waals surface area contributed by atoms with Crippen molar-refractivity contribution in [2.75, 3.05) is 6.54 Å². The molecular formula is C17H17N3O3S. The Morgan fingerprint density at radius 2 is 2.00 bits per heavy atom. The summed E-state index contributed by atoms with van der Waals surface area (Å²) >= 11 is 0. The standard InChI is InChI=1S/C17H17N3O3S/c1-12-5-7-14(8-6-12)24(22,23)20-15-4-2-3-13-9-10-19(16(20)21)17(13,15)11-18/h2,4-8,13,15H,3,9-10H2,1H3/t13-,15-,17+/m0/s1. The number of urea groups is 1. The highest BCUT2D eigenvalue weighted by Crippen LogP contribution is 2.50. The van der Waals surface area contributed by atoms with Gasteiger partial charge in [-0.25, -0.2) is 17.5 Å². The molecular weight excluding hydrogens is 326 g/mol. The van der Waals surface area contributed by atoms with Crippen LogP contribution in [0.3, 0.4) is 0 Å². The lowest BCUT2D eigenvalue weighted by atomic mass is 9.75. The minimum atomic E-state index is -4.01. The maximum Gasteiger partial charge on any atom is 0.336 e. The summed E-state index contributed by atoms with van der Waals surface area (Å²) in [6.45, 7) is 2.29. The van der Waals surface area contributed by atoms with Crippen LogP contribution in [-0.2, 0) is 10.0 Å². The first-order valence-electron chi connectivity index (χ1n) is 7.93. The number of hydrogen-bond donors (Lipinski definition) is 0. The Labute approximate surface area is 141 Å². The van der Waals surface area contributed by atoms with Crippen molar-refractivity contribution >= 4 is 16.1 Å². The third kappa shape index (κ3) is 1.69. The van der Waals surface area contributed by atoms with Gasteiger partial charge in [0, 0.05) is 12.5 Å². The van der Waals surface area contributed by atoms with E-state index in [1.807, 2.05) is 13.0 Å². The summed E-state index contributed by atoms with van der Waals surface area (Å²) in [6, 6.07) is 7.35. The first-order chi connectivity index (χ1) is 11.4. The summed E-state index contributed by atoms with van der Waals surface area (Å²) in [7, 11) is -4.01. The Balaban J connectivity index is 1.86. The Hall–Kier alpha value is -2.33. The first-order valence-corrected chi connectivity index (χ1v) is 9.37. The topological polar surface area (TPSA) is 81.5 Å². The van der Waals surface area contributed by atoms with Crippen molar-refractivity contribution in [3.8, 4) is 6.07 Å². The number of nitrogens with zero attached hydrogens (tertiary/aromatic N) is 3. The molecule has 0 saturated carbocycles. The Morgan fingerprint density at radius 1 is 1.29 bits per heavy atom. The molecule has 0 unspecified atom stereocenters. The quantitative estimate of drug-likeness (QED) is 0.770. The fourth-order valence-electron chi connectivity index (χ4n) is 4.17. The summed E-state index contributed by atoms with van der Waals surface area (Å²) in [6.07, 6.45) is 5.03. The van der Waals surface area contributed by atoms with Gasteiger partial charge in [-0.3, -0.25) is 0 Å². The number of allylic oxidation sites excluding steroid dienone is 1. The van der Waals surface area contributed by atoms with Crippen LogP contribution in [0.1, 0.15) is 18.4 Å². The van der Waals surface area contributed by atoms with E-state index in [1.54, 1.807) is 18.2 Å². The minimum absolute atomic E-state index is 0.0142. The zero-order valence-corrected chi connectivity index (χ0v) is 14.0. The van der Waals surface area contributed by atoms with E-state index in [0.717, 1.165) is 16.3 Å². The summed E-state index contributed by atoms with van der Waals surface area (Å²) in [5.41, 5.74) is -0.128. The second-order valence-corrected chi connectivity index (χ2v) is 8.39. The molecule has 7 heteroatoms. The minimum Gasteiger partial charge on any atom is -0.302 e. The van der Waals surface area contributed by atoms with Gasteiger partial charge in [0.25, 0.3) is 10.0 Å². The molecule has 2 amide bonds. The van der Waals surface area contributed by atoms with Crippen molar-refractivity contribution in [3.63, 3.8) is 0 Å². The number of carbonyl (C=O) groups is 1. The van der Waals surface area contributed by atoms with E-state index in [1.165, 1.54) is 17.0 Å².